The molecule has 0 aromatic carbocycles. The van der Waals surface area contributed by atoms with Gasteiger partial charge in [-0.2, -0.15) is 0 Å². The summed E-state index contributed by atoms with van der Waals surface area (Å²) in [6.07, 6.45) is 4.63. The summed E-state index contributed by atoms with van der Waals surface area (Å²) in [6, 6.07) is 0. The van der Waals surface area contributed by atoms with E-state index in [1.165, 1.54) is 12.5 Å². The van der Waals surface area contributed by atoms with E-state index in [2.05, 4.69) is 10.1 Å². The molecule has 0 fully saturated rings. The topological polar surface area (TPSA) is 93.8 Å². The molecule has 0 saturated heterocycles. The molecule has 3 aromatic heterocycles. The third-order valence-corrected chi connectivity index (χ3v) is 2.46. The van der Waals surface area contributed by atoms with Crippen LogP contribution >= 0.6 is 0 Å². The summed E-state index contributed by atoms with van der Waals surface area (Å²) in [5.41, 5.74) is 1.47. The van der Waals surface area contributed by atoms with Gasteiger partial charge >= 0.3 is 11.8 Å². The van der Waals surface area contributed by atoms with E-state index >= 15 is 0 Å². The molecule has 0 bridgehead atoms. The lowest BCUT2D eigenvalue weighted by molar-refractivity contribution is 0.0653. The fraction of sp³-hybridized carbons (Fsp3) is 0.100. The number of carboxylic acids is 1. The van der Waals surface area contributed by atoms with Crippen LogP contribution in [0.2, 0.25) is 0 Å². The van der Waals surface area contributed by atoms with Crippen LogP contribution in [-0.4, -0.2) is 25.6 Å². The van der Waals surface area contributed by atoms with Gasteiger partial charge in [0.2, 0.25) is 0 Å². The summed E-state index contributed by atoms with van der Waals surface area (Å²) in [4.78, 5) is 15.0. The molecule has 17 heavy (non-hydrogen) atoms. The van der Waals surface area contributed by atoms with Gasteiger partial charge in [0.05, 0.1) is 23.1 Å². The fourth-order valence-corrected chi connectivity index (χ4v) is 1.73. The molecule has 3 aromatic rings. The zero-order valence-corrected chi connectivity index (χ0v) is 8.75. The van der Waals surface area contributed by atoms with Crippen LogP contribution in [0, 0.1) is 6.92 Å². The highest BCUT2D eigenvalue weighted by atomic mass is 16.5. The molecule has 0 radical (unpaired) electrons. The monoisotopic (exact) mass is 233 g/mol. The molecule has 7 heteroatoms. The normalized spacial score (nSPS) is 11.1. The summed E-state index contributed by atoms with van der Waals surface area (Å²) in [6.45, 7) is 1.67. The van der Waals surface area contributed by atoms with E-state index in [9.17, 15) is 4.79 Å². The highest BCUT2D eigenvalue weighted by Gasteiger charge is 2.23. The van der Waals surface area contributed by atoms with E-state index in [1.807, 2.05) is 0 Å². The van der Waals surface area contributed by atoms with Crippen molar-refractivity contribution < 1.29 is 18.8 Å². The van der Waals surface area contributed by atoms with Crippen molar-refractivity contribution in [3.8, 4) is 11.3 Å². The minimum Gasteiger partial charge on any atom is -0.475 e. The lowest BCUT2D eigenvalue weighted by Gasteiger charge is -1.96. The highest BCUT2D eigenvalue weighted by Crippen LogP contribution is 2.28. The van der Waals surface area contributed by atoms with Gasteiger partial charge in [-0.3, -0.25) is 4.40 Å². The molecule has 0 aliphatic heterocycles. The summed E-state index contributed by atoms with van der Waals surface area (Å²) >= 11 is 0. The first kappa shape index (κ1) is 9.64. The fourth-order valence-electron chi connectivity index (χ4n) is 1.73. The van der Waals surface area contributed by atoms with Gasteiger partial charge in [-0.05, 0) is 6.92 Å². The molecule has 86 valence electrons. The summed E-state index contributed by atoms with van der Waals surface area (Å²) in [5, 5.41) is 12.7. The largest absolute Gasteiger partial charge is 0.475 e. The molecule has 3 rings (SSSR count). The number of carbonyl (C=O) groups is 1. The van der Waals surface area contributed by atoms with Gasteiger partial charge in [0.1, 0.15) is 6.26 Å². The third kappa shape index (κ3) is 1.25. The number of aromatic carboxylic acids is 1. The van der Waals surface area contributed by atoms with E-state index in [0.717, 1.165) is 0 Å². The molecule has 3 heterocycles. The first-order chi connectivity index (χ1) is 8.18. The SMILES string of the molecule is Cc1noc(C(=O)O)c1-c1cnc2occn12. The van der Waals surface area contributed by atoms with Gasteiger partial charge < -0.3 is 14.0 Å². The van der Waals surface area contributed by atoms with Gasteiger partial charge in [-0.25, -0.2) is 9.78 Å². The standard InChI is InChI=1S/C10H7N3O4/c1-5-7(8(9(14)15)17-12-5)6-4-11-10-13(6)2-3-16-10/h2-4H,1H3,(H,14,15). The lowest BCUT2D eigenvalue weighted by atomic mass is 10.1. The second-order valence-electron chi connectivity index (χ2n) is 3.48. The van der Waals surface area contributed by atoms with E-state index in [1.54, 1.807) is 17.5 Å². The number of hydrogen-bond donors (Lipinski definition) is 1. The number of rotatable bonds is 2. The second-order valence-corrected chi connectivity index (χ2v) is 3.48. The molecule has 0 aliphatic rings. The van der Waals surface area contributed by atoms with Crippen molar-refractivity contribution in [2.75, 3.05) is 0 Å². The second kappa shape index (κ2) is 3.21. The number of carboxylic acid groups (broad SMARTS) is 1. The zero-order valence-electron chi connectivity index (χ0n) is 8.75. The van der Waals surface area contributed by atoms with Crippen molar-refractivity contribution in [1.29, 1.82) is 0 Å². The van der Waals surface area contributed by atoms with Crippen LogP contribution in [0.15, 0.2) is 27.6 Å². The van der Waals surface area contributed by atoms with Crippen molar-refractivity contribution in [3.63, 3.8) is 0 Å². The van der Waals surface area contributed by atoms with Crippen LogP contribution < -0.4 is 0 Å². The van der Waals surface area contributed by atoms with Gasteiger partial charge in [-0.1, -0.05) is 5.16 Å². The molecule has 0 saturated carbocycles. The molecule has 0 spiro atoms. The quantitative estimate of drug-likeness (QED) is 0.722. The van der Waals surface area contributed by atoms with Crippen LogP contribution in [-0.2, 0) is 0 Å². The number of imidazole rings is 1. The maximum absolute atomic E-state index is 11.0. The Labute approximate surface area is 94.3 Å². The molecular weight excluding hydrogens is 226 g/mol. The molecular formula is C10H7N3O4. The Bertz CT molecular complexity index is 706. The van der Waals surface area contributed by atoms with Crippen LogP contribution in [0.4, 0.5) is 0 Å². The summed E-state index contributed by atoms with van der Waals surface area (Å²) in [7, 11) is 0. The first-order valence-corrected chi connectivity index (χ1v) is 4.79. The molecule has 0 amide bonds. The Morgan fingerprint density at radius 2 is 2.35 bits per heavy atom. The number of fused-ring (bicyclic) bond motifs is 1. The smallest absolute Gasteiger partial charge is 0.375 e. The average Bonchev–Trinajstić information content (AvgIpc) is 2.91. The maximum Gasteiger partial charge on any atom is 0.375 e. The number of nitrogens with zero attached hydrogens (tertiary/aromatic N) is 3. The van der Waals surface area contributed by atoms with E-state index in [0.29, 0.717) is 22.8 Å². The molecule has 1 N–H and O–H groups in total. The van der Waals surface area contributed by atoms with Gasteiger partial charge in [-0.15, -0.1) is 0 Å². The third-order valence-electron chi connectivity index (χ3n) is 2.46. The van der Waals surface area contributed by atoms with Crippen LogP contribution in [0.25, 0.3) is 17.1 Å². The Hall–Kier alpha value is -2.57. The van der Waals surface area contributed by atoms with Crippen molar-refractivity contribution in [2.24, 2.45) is 0 Å². The van der Waals surface area contributed by atoms with Gasteiger partial charge in [0.25, 0.3) is 5.76 Å². The van der Waals surface area contributed by atoms with Crippen LogP contribution in [0.3, 0.4) is 0 Å². The highest BCUT2D eigenvalue weighted by molar-refractivity contribution is 5.93. The van der Waals surface area contributed by atoms with Gasteiger partial charge in [0.15, 0.2) is 0 Å². The van der Waals surface area contributed by atoms with Crippen LogP contribution in [0.5, 0.6) is 0 Å². The van der Waals surface area contributed by atoms with E-state index in [-0.39, 0.29) is 5.76 Å². The summed E-state index contributed by atoms with van der Waals surface area (Å²) in [5.74, 6) is -0.985. The Morgan fingerprint density at radius 1 is 1.53 bits per heavy atom. The Kier molecular flexibility index (Phi) is 1.82. The first-order valence-electron chi connectivity index (χ1n) is 4.79. The van der Waals surface area contributed by atoms with E-state index < -0.39 is 5.97 Å². The molecule has 0 atom stereocenters. The summed E-state index contributed by atoms with van der Waals surface area (Å²) < 4.78 is 11.5. The lowest BCUT2D eigenvalue weighted by Crippen LogP contribution is -1.97. The maximum atomic E-state index is 11.0. The number of hydrogen-bond acceptors (Lipinski definition) is 5. The number of aromatic nitrogens is 3. The van der Waals surface area contributed by atoms with Crippen molar-refractivity contribution in [3.05, 3.63) is 30.1 Å². The van der Waals surface area contributed by atoms with E-state index in [4.69, 9.17) is 14.0 Å². The Morgan fingerprint density at radius 3 is 3.12 bits per heavy atom. The molecule has 0 unspecified atom stereocenters. The predicted molar refractivity (Wildman–Crippen MR) is 54.7 cm³/mol. The van der Waals surface area contributed by atoms with Gasteiger partial charge in [0, 0.05) is 6.20 Å². The predicted octanol–water partition coefficient (Wildman–Crippen LogP) is 1.59. The zero-order chi connectivity index (χ0) is 12.0. The molecule has 7 nitrogen and oxygen atoms in total. The Balaban J connectivity index is 2.32. The van der Waals surface area contributed by atoms with Crippen molar-refractivity contribution >= 4 is 11.8 Å². The average molecular weight is 233 g/mol. The minimum absolute atomic E-state index is 0.203. The number of aryl methyl sites for hydroxylation is 1. The number of oxazole rings is 1. The van der Waals surface area contributed by atoms with Crippen molar-refractivity contribution in [1.82, 2.24) is 14.5 Å². The van der Waals surface area contributed by atoms with Crippen LogP contribution in [0.1, 0.15) is 16.2 Å². The van der Waals surface area contributed by atoms with Crippen molar-refractivity contribution in [2.45, 2.75) is 6.92 Å². The minimum atomic E-state index is -1.17. The molecule has 0 aliphatic carbocycles.